The Balaban J connectivity index is 1.76. The van der Waals surface area contributed by atoms with Crippen LogP contribution in [0, 0.1) is 0 Å². The topological polar surface area (TPSA) is 22.1 Å². The van der Waals surface area contributed by atoms with Crippen LogP contribution in [-0.4, -0.2) is 4.98 Å². The van der Waals surface area contributed by atoms with Crippen molar-refractivity contribution < 1.29 is 4.74 Å². The van der Waals surface area contributed by atoms with Crippen LogP contribution in [0.1, 0.15) is 5.56 Å². The third-order valence-corrected chi connectivity index (χ3v) is 3.34. The van der Waals surface area contributed by atoms with E-state index in [0.717, 1.165) is 11.3 Å². The fraction of sp³-hybridized carbons (Fsp3) is 0.0714. The standard InChI is InChI=1S/C14H11NOS/c1-2-4-12(5-3-1)16-9-11-6-7-13-14(8-11)17-10-15-13/h1-8,10H,9H2. The number of para-hydroxylation sites is 1. The van der Waals surface area contributed by atoms with E-state index in [-0.39, 0.29) is 0 Å². The highest BCUT2D eigenvalue weighted by molar-refractivity contribution is 7.16. The van der Waals surface area contributed by atoms with Gasteiger partial charge in [-0.25, -0.2) is 4.98 Å². The van der Waals surface area contributed by atoms with Crippen molar-refractivity contribution in [1.82, 2.24) is 4.98 Å². The van der Waals surface area contributed by atoms with Crippen molar-refractivity contribution in [2.45, 2.75) is 6.61 Å². The minimum absolute atomic E-state index is 0.595. The summed E-state index contributed by atoms with van der Waals surface area (Å²) in [6.07, 6.45) is 0. The molecule has 0 N–H and O–H groups in total. The van der Waals surface area contributed by atoms with Gasteiger partial charge < -0.3 is 4.74 Å². The molecule has 0 aliphatic carbocycles. The zero-order valence-corrected chi connectivity index (χ0v) is 9.98. The van der Waals surface area contributed by atoms with Crippen molar-refractivity contribution in [2.75, 3.05) is 0 Å². The van der Waals surface area contributed by atoms with E-state index in [2.05, 4.69) is 17.1 Å². The van der Waals surface area contributed by atoms with Crippen LogP contribution >= 0.6 is 11.3 Å². The van der Waals surface area contributed by atoms with Crippen LogP contribution in [-0.2, 0) is 6.61 Å². The lowest BCUT2D eigenvalue weighted by Gasteiger charge is -2.05. The van der Waals surface area contributed by atoms with E-state index >= 15 is 0 Å². The molecule has 0 spiro atoms. The maximum absolute atomic E-state index is 5.70. The number of fused-ring (bicyclic) bond motifs is 1. The number of hydrogen-bond acceptors (Lipinski definition) is 3. The molecule has 0 saturated heterocycles. The summed E-state index contributed by atoms with van der Waals surface area (Å²) in [6, 6.07) is 16.1. The first-order valence-corrected chi connectivity index (χ1v) is 6.30. The predicted octanol–water partition coefficient (Wildman–Crippen LogP) is 3.88. The van der Waals surface area contributed by atoms with E-state index < -0.39 is 0 Å². The van der Waals surface area contributed by atoms with Crippen LogP contribution in [0.25, 0.3) is 10.2 Å². The second-order valence-corrected chi connectivity index (χ2v) is 4.64. The summed E-state index contributed by atoms with van der Waals surface area (Å²) in [7, 11) is 0. The number of nitrogens with zero attached hydrogens (tertiary/aromatic N) is 1. The van der Waals surface area contributed by atoms with Crippen molar-refractivity contribution >= 4 is 21.6 Å². The first-order chi connectivity index (χ1) is 8.42. The van der Waals surface area contributed by atoms with Crippen molar-refractivity contribution in [3.63, 3.8) is 0 Å². The molecule has 0 aliphatic rings. The van der Waals surface area contributed by atoms with Gasteiger partial charge in [0.15, 0.2) is 0 Å². The third kappa shape index (κ3) is 2.29. The molecule has 1 heterocycles. The predicted molar refractivity (Wildman–Crippen MR) is 70.4 cm³/mol. The zero-order chi connectivity index (χ0) is 11.5. The van der Waals surface area contributed by atoms with Crippen LogP contribution < -0.4 is 4.74 Å². The van der Waals surface area contributed by atoms with Crippen LogP contribution in [0.15, 0.2) is 54.0 Å². The Morgan fingerprint density at radius 2 is 1.94 bits per heavy atom. The molecule has 2 nitrogen and oxygen atoms in total. The molecule has 1 aromatic heterocycles. The van der Waals surface area contributed by atoms with Gasteiger partial charge in [0.2, 0.25) is 0 Å². The van der Waals surface area contributed by atoms with Gasteiger partial charge in [0, 0.05) is 0 Å². The van der Waals surface area contributed by atoms with Crippen LogP contribution in [0.3, 0.4) is 0 Å². The molecule has 0 radical (unpaired) electrons. The quantitative estimate of drug-likeness (QED) is 0.694. The Kier molecular flexibility index (Phi) is 2.76. The molecule has 3 rings (SSSR count). The van der Waals surface area contributed by atoms with Crippen LogP contribution in [0.5, 0.6) is 5.75 Å². The Morgan fingerprint density at radius 3 is 2.82 bits per heavy atom. The lowest BCUT2D eigenvalue weighted by Crippen LogP contribution is -1.94. The summed E-state index contributed by atoms with van der Waals surface area (Å²) in [5.74, 6) is 0.900. The maximum Gasteiger partial charge on any atom is 0.119 e. The largest absolute Gasteiger partial charge is 0.489 e. The Hall–Kier alpha value is -1.87. The maximum atomic E-state index is 5.70. The number of rotatable bonds is 3. The minimum atomic E-state index is 0.595. The average molecular weight is 241 g/mol. The molecule has 0 atom stereocenters. The van der Waals surface area contributed by atoms with E-state index in [0.29, 0.717) is 6.61 Å². The summed E-state index contributed by atoms with van der Waals surface area (Å²) < 4.78 is 6.91. The summed E-state index contributed by atoms with van der Waals surface area (Å²) in [5, 5.41) is 0. The first kappa shape index (κ1) is 10.3. The molecular weight excluding hydrogens is 230 g/mol. The number of benzene rings is 2. The molecule has 84 valence electrons. The van der Waals surface area contributed by atoms with Gasteiger partial charge in [0.1, 0.15) is 12.4 Å². The lowest BCUT2D eigenvalue weighted by atomic mass is 10.2. The molecule has 2 aromatic carbocycles. The van der Waals surface area contributed by atoms with Gasteiger partial charge in [-0.1, -0.05) is 24.3 Å². The van der Waals surface area contributed by atoms with Gasteiger partial charge in [0.25, 0.3) is 0 Å². The second-order valence-electron chi connectivity index (χ2n) is 3.76. The molecule has 0 aliphatic heterocycles. The van der Waals surface area contributed by atoms with Gasteiger partial charge in [-0.05, 0) is 29.8 Å². The number of aromatic nitrogens is 1. The zero-order valence-electron chi connectivity index (χ0n) is 9.17. The van der Waals surface area contributed by atoms with Gasteiger partial charge in [-0.3, -0.25) is 0 Å². The Labute approximate surface area is 104 Å². The Morgan fingerprint density at radius 1 is 1.06 bits per heavy atom. The molecule has 3 aromatic rings. The second kappa shape index (κ2) is 4.55. The summed E-state index contributed by atoms with van der Waals surface area (Å²) in [6.45, 7) is 0.595. The number of hydrogen-bond donors (Lipinski definition) is 0. The van der Waals surface area contributed by atoms with E-state index in [1.54, 1.807) is 11.3 Å². The summed E-state index contributed by atoms with van der Waals surface area (Å²) in [5.41, 5.74) is 4.09. The highest BCUT2D eigenvalue weighted by atomic mass is 32.1. The fourth-order valence-electron chi connectivity index (χ4n) is 1.67. The van der Waals surface area contributed by atoms with E-state index in [1.165, 1.54) is 10.3 Å². The summed E-state index contributed by atoms with van der Waals surface area (Å²) in [4.78, 5) is 4.26. The lowest BCUT2D eigenvalue weighted by molar-refractivity contribution is 0.306. The minimum Gasteiger partial charge on any atom is -0.489 e. The number of thiazole rings is 1. The average Bonchev–Trinajstić information content (AvgIpc) is 2.85. The van der Waals surface area contributed by atoms with E-state index in [1.807, 2.05) is 41.9 Å². The van der Waals surface area contributed by atoms with Crippen molar-refractivity contribution in [1.29, 1.82) is 0 Å². The van der Waals surface area contributed by atoms with Crippen LogP contribution in [0.4, 0.5) is 0 Å². The SMILES string of the molecule is c1ccc(OCc2ccc3ncsc3c2)cc1. The molecule has 3 heteroatoms. The molecule has 0 bridgehead atoms. The molecule has 17 heavy (non-hydrogen) atoms. The molecule has 0 saturated carbocycles. The Bertz CT molecular complexity index is 618. The molecule has 0 amide bonds. The van der Waals surface area contributed by atoms with Crippen molar-refractivity contribution in [3.8, 4) is 5.75 Å². The first-order valence-electron chi connectivity index (χ1n) is 5.42. The molecule has 0 unspecified atom stereocenters. The van der Waals surface area contributed by atoms with Crippen molar-refractivity contribution in [3.05, 3.63) is 59.6 Å². The van der Waals surface area contributed by atoms with E-state index in [4.69, 9.17) is 4.74 Å². The normalized spacial score (nSPS) is 10.6. The van der Waals surface area contributed by atoms with Gasteiger partial charge >= 0.3 is 0 Å². The van der Waals surface area contributed by atoms with E-state index in [9.17, 15) is 0 Å². The molecule has 0 fully saturated rings. The smallest absolute Gasteiger partial charge is 0.119 e. The third-order valence-electron chi connectivity index (χ3n) is 2.54. The van der Waals surface area contributed by atoms with Gasteiger partial charge in [-0.15, -0.1) is 11.3 Å². The summed E-state index contributed by atoms with van der Waals surface area (Å²) >= 11 is 1.66. The van der Waals surface area contributed by atoms with Gasteiger partial charge in [0.05, 0.1) is 15.7 Å². The monoisotopic (exact) mass is 241 g/mol. The van der Waals surface area contributed by atoms with Crippen LogP contribution in [0.2, 0.25) is 0 Å². The molecular formula is C14H11NOS. The van der Waals surface area contributed by atoms with Crippen molar-refractivity contribution in [2.24, 2.45) is 0 Å². The fourth-order valence-corrected chi connectivity index (χ4v) is 2.41. The number of ether oxygens (including phenoxy) is 1. The van der Waals surface area contributed by atoms with Gasteiger partial charge in [-0.2, -0.15) is 0 Å². The highest BCUT2D eigenvalue weighted by Gasteiger charge is 1.99. The highest BCUT2D eigenvalue weighted by Crippen LogP contribution is 2.20.